The molecule has 0 heterocycles. The van der Waals surface area contributed by atoms with Gasteiger partial charge < -0.3 is 15.2 Å². The summed E-state index contributed by atoms with van der Waals surface area (Å²) in [5.41, 5.74) is -0.142. The van der Waals surface area contributed by atoms with Gasteiger partial charge in [-0.1, -0.05) is 6.92 Å². The van der Waals surface area contributed by atoms with Gasteiger partial charge in [-0.05, 0) is 40.5 Å². The van der Waals surface area contributed by atoms with Crippen molar-refractivity contribution in [3.8, 4) is 5.75 Å². The molecule has 2 N–H and O–H groups in total. The Morgan fingerprint density at radius 2 is 2.05 bits per heavy atom. The smallest absolute Gasteiger partial charge is 0.480 e. The summed E-state index contributed by atoms with van der Waals surface area (Å²) in [6.45, 7) is 1.55. The Labute approximate surface area is 126 Å². The summed E-state index contributed by atoms with van der Waals surface area (Å²) in [7, 11) is 0. The van der Waals surface area contributed by atoms with E-state index >= 15 is 0 Å². The van der Waals surface area contributed by atoms with Crippen molar-refractivity contribution in [2.75, 3.05) is 0 Å². The highest BCUT2D eigenvalue weighted by Crippen LogP contribution is 2.31. The van der Waals surface area contributed by atoms with Gasteiger partial charge in [-0.25, -0.2) is 4.79 Å². The van der Waals surface area contributed by atoms with Crippen LogP contribution >= 0.6 is 15.9 Å². The lowest BCUT2D eigenvalue weighted by Gasteiger charge is -2.14. The molecule has 1 amide bonds. The summed E-state index contributed by atoms with van der Waals surface area (Å²) in [5, 5.41) is 11.0. The van der Waals surface area contributed by atoms with E-state index in [-0.39, 0.29) is 16.5 Å². The number of aliphatic carboxylic acids is 1. The SMILES string of the molecule is CCC(NC(=O)c1ccc(Br)c(OC(F)(F)F)c1)C(=O)O. The summed E-state index contributed by atoms with van der Waals surface area (Å²) in [5.74, 6) is -2.61. The van der Waals surface area contributed by atoms with E-state index in [1.807, 2.05) is 0 Å². The molecule has 0 fully saturated rings. The summed E-state index contributed by atoms with van der Waals surface area (Å²) >= 11 is 2.87. The molecule has 9 heteroatoms. The number of carboxylic acids is 1. The summed E-state index contributed by atoms with van der Waals surface area (Å²) in [6.07, 6.45) is -4.76. The van der Waals surface area contributed by atoms with Gasteiger partial charge in [-0.3, -0.25) is 4.79 Å². The van der Waals surface area contributed by atoms with Crippen molar-refractivity contribution in [1.29, 1.82) is 0 Å². The third kappa shape index (κ3) is 5.25. The van der Waals surface area contributed by atoms with Gasteiger partial charge in [0.2, 0.25) is 0 Å². The van der Waals surface area contributed by atoms with Crippen molar-refractivity contribution >= 4 is 27.8 Å². The van der Waals surface area contributed by atoms with Gasteiger partial charge in [-0.2, -0.15) is 0 Å². The first-order valence-corrected chi connectivity index (χ1v) is 6.52. The normalized spacial score (nSPS) is 12.6. The van der Waals surface area contributed by atoms with Gasteiger partial charge in [0.1, 0.15) is 11.8 Å². The molecule has 1 aromatic carbocycles. The molecule has 0 saturated carbocycles. The molecule has 0 aliphatic heterocycles. The first-order chi connectivity index (χ1) is 9.64. The van der Waals surface area contributed by atoms with Gasteiger partial charge >= 0.3 is 12.3 Å². The second-order valence-electron chi connectivity index (χ2n) is 3.97. The van der Waals surface area contributed by atoms with Crippen molar-refractivity contribution in [2.45, 2.75) is 25.7 Å². The van der Waals surface area contributed by atoms with E-state index in [9.17, 15) is 22.8 Å². The number of alkyl halides is 3. The monoisotopic (exact) mass is 369 g/mol. The number of rotatable bonds is 5. The van der Waals surface area contributed by atoms with Crippen LogP contribution in [0.1, 0.15) is 23.7 Å². The molecule has 0 aliphatic rings. The summed E-state index contributed by atoms with van der Waals surface area (Å²) < 4.78 is 40.4. The number of benzene rings is 1. The molecule has 1 aromatic rings. The third-order valence-corrected chi connectivity index (χ3v) is 3.09. The van der Waals surface area contributed by atoms with Crippen LogP contribution in [0.5, 0.6) is 5.75 Å². The van der Waals surface area contributed by atoms with Gasteiger partial charge in [0.15, 0.2) is 0 Å². The number of carbonyl (C=O) groups excluding carboxylic acids is 1. The number of halogens is 4. The Bertz CT molecular complexity index is 548. The van der Waals surface area contributed by atoms with Gasteiger partial charge in [0, 0.05) is 5.56 Å². The maximum Gasteiger partial charge on any atom is 0.573 e. The minimum atomic E-state index is -4.90. The van der Waals surface area contributed by atoms with Crippen LogP contribution in [0.15, 0.2) is 22.7 Å². The maximum absolute atomic E-state index is 12.2. The minimum Gasteiger partial charge on any atom is -0.480 e. The van der Waals surface area contributed by atoms with Crippen molar-refractivity contribution in [2.24, 2.45) is 0 Å². The minimum absolute atomic E-state index is 0.0154. The fraction of sp³-hybridized carbons (Fsp3) is 0.333. The molecular weight excluding hydrogens is 359 g/mol. The number of amides is 1. The molecular formula is C12H11BrF3NO4. The van der Waals surface area contributed by atoms with Crippen molar-refractivity contribution in [1.82, 2.24) is 5.32 Å². The number of ether oxygens (including phenoxy) is 1. The lowest BCUT2D eigenvalue weighted by atomic mass is 10.1. The average Bonchev–Trinajstić information content (AvgIpc) is 2.36. The molecule has 0 radical (unpaired) electrons. The summed E-state index contributed by atoms with van der Waals surface area (Å²) in [6, 6.07) is 2.21. The lowest BCUT2D eigenvalue weighted by Crippen LogP contribution is -2.40. The molecule has 0 spiro atoms. The van der Waals surface area contributed by atoms with Crippen LogP contribution in [0.4, 0.5) is 13.2 Å². The van der Waals surface area contributed by atoms with Crippen LogP contribution in [0.2, 0.25) is 0 Å². The molecule has 0 aromatic heterocycles. The first kappa shape index (κ1) is 17.3. The number of nitrogens with one attached hydrogen (secondary N) is 1. The molecule has 0 saturated heterocycles. The highest BCUT2D eigenvalue weighted by atomic mass is 79.9. The Balaban J connectivity index is 2.96. The topological polar surface area (TPSA) is 75.6 Å². The van der Waals surface area contributed by atoms with E-state index in [1.165, 1.54) is 12.1 Å². The van der Waals surface area contributed by atoms with Gasteiger partial charge in [0.05, 0.1) is 4.47 Å². The largest absolute Gasteiger partial charge is 0.573 e. The zero-order valence-corrected chi connectivity index (χ0v) is 12.3. The number of carboxylic acid groups (broad SMARTS) is 1. The second-order valence-corrected chi connectivity index (χ2v) is 4.82. The quantitative estimate of drug-likeness (QED) is 0.836. The van der Waals surface area contributed by atoms with Crippen molar-refractivity contribution < 1.29 is 32.6 Å². The van der Waals surface area contributed by atoms with E-state index in [0.29, 0.717) is 0 Å². The second kappa shape index (κ2) is 6.79. The Kier molecular flexibility index (Phi) is 5.59. The fourth-order valence-electron chi connectivity index (χ4n) is 1.43. The van der Waals surface area contributed by atoms with E-state index in [1.54, 1.807) is 6.92 Å². The highest BCUT2D eigenvalue weighted by molar-refractivity contribution is 9.10. The zero-order valence-electron chi connectivity index (χ0n) is 10.7. The molecule has 1 unspecified atom stereocenters. The molecule has 1 rings (SSSR count). The van der Waals surface area contributed by atoms with Crippen molar-refractivity contribution in [3.05, 3.63) is 28.2 Å². The highest BCUT2D eigenvalue weighted by Gasteiger charge is 2.32. The predicted octanol–water partition coefficient (Wildman–Crippen LogP) is 2.94. The number of hydrogen-bond donors (Lipinski definition) is 2. The number of hydrogen-bond acceptors (Lipinski definition) is 3. The van der Waals surface area contributed by atoms with Crippen LogP contribution in [0, 0.1) is 0 Å². The van der Waals surface area contributed by atoms with Crippen LogP contribution in [-0.4, -0.2) is 29.4 Å². The molecule has 1 atom stereocenters. The van der Waals surface area contributed by atoms with E-state index in [4.69, 9.17) is 5.11 Å². The fourth-order valence-corrected chi connectivity index (χ4v) is 1.76. The first-order valence-electron chi connectivity index (χ1n) is 5.73. The molecule has 21 heavy (non-hydrogen) atoms. The van der Waals surface area contributed by atoms with Gasteiger partial charge in [0.25, 0.3) is 5.91 Å². The lowest BCUT2D eigenvalue weighted by molar-refractivity contribution is -0.274. The van der Waals surface area contributed by atoms with Gasteiger partial charge in [-0.15, -0.1) is 13.2 Å². The van der Waals surface area contributed by atoms with E-state index in [2.05, 4.69) is 26.0 Å². The average molecular weight is 370 g/mol. The Morgan fingerprint density at radius 3 is 2.52 bits per heavy atom. The van der Waals surface area contributed by atoms with Crippen LogP contribution < -0.4 is 10.1 Å². The zero-order chi connectivity index (χ0) is 16.2. The third-order valence-electron chi connectivity index (χ3n) is 2.43. The van der Waals surface area contributed by atoms with Crippen molar-refractivity contribution in [3.63, 3.8) is 0 Å². The Hall–Kier alpha value is -1.77. The van der Waals surface area contributed by atoms with Crippen LogP contribution in [0.3, 0.4) is 0 Å². The van der Waals surface area contributed by atoms with Crippen LogP contribution in [-0.2, 0) is 4.79 Å². The molecule has 0 aliphatic carbocycles. The van der Waals surface area contributed by atoms with Crippen LogP contribution in [0.25, 0.3) is 0 Å². The summed E-state index contributed by atoms with van der Waals surface area (Å²) in [4.78, 5) is 22.6. The maximum atomic E-state index is 12.2. The Morgan fingerprint density at radius 1 is 1.43 bits per heavy atom. The molecule has 116 valence electrons. The van der Waals surface area contributed by atoms with E-state index < -0.39 is 30.0 Å². The number of carbonyl (C=O) groups is 2. The standard InChI is InChI=1S/C12H11BrF3NO4/c1-2-8(11(19)20)17-10(18)6-3-4-7(13)9(5-6)21-12(14,15)16/h3-5,8H,2H2,1H3,(H,17,18)(H,19,20). The molecule has 0 bridgehead atoms. The predicted molar refractivity (Wildman–Crippen MR) is 70.0 cm³/mol. The van der Waals surface area contributed by atoms with E-state index in [0.717, 1.165) is 6.07 Å². The molecule has 5 nitrogen and oxygen atoms in total.